The molecule has 0 spiro atoms. The Balaban J connectivity index is 1.73. The minimum Gasteiger partial charge on any atom is -0.508 e. The molecular weight excluding hydrogens is 436 g/mol. The van der Waals surface area contributed by atoms with Crippen LogP contribution in [0.5, 0.6) is 11.5 Å². The van der Waals surface area contributed by atoms with Crippen LogP contribution in [0.3, 0.4) is 0 Å². The van der Waals surface area contributed by atoms with E-state index >= 15 is 0 Å². The highest BCUT2D eigenvalue weighted by atomic mass is 32.1. The second-order valence-electron chi connectivity index (χ2n) is 10.4. The fourth-order valence-electron chi connectivity index (χ4n) is 4.67. The number of thiophene rings is 1. The van der Waals surface area contributed by atoms with Crippen LogP contribution >= 0.6 is 11.3 Å². The quantitative estimate of drug-likeness (QED) is 0.298. The minimum atomic E-state index is -0.242. The van der Waals surface area contributed by atoms with Crippen LogP contribution in [0, 0.1) is 6.92 Å². The molecule has 1 aromatic heterocycles. The highest BCUT2D eigenvalue weighted by Crippen LogP contribution is 2.40. The van der Waals surface area contributed by atoms with E-state index in [1.165, 1.54) is 27.8 Å². The van der Waals surface area contributed by atoms with Gasteiger partial charge in [0.25, 0.3) is 0 Å². The molecule has 0 aliphatic rings. The number of phenolic OH excluding ortho intramolecular Hbond substituents is 2. The summed E-state index contributed by atoms with van der Waals surface area (Å²) in [4.78, 5) is 0. The summed E-state index contributed by atoms with van der Waals surface area (Å²) >= 11 is 1.68. The Morgan fingerprint density at radius 1 is 0.706 bits per heavy atom. The summed E-state index contributed by atoms with van der Waals surface area (Å²) in [7, 11) is 0. The molecule has 0 aliphatic carbocycles. The van der Waals surface area contributed by atoms with E-state index in [0.717, 1.165) is 11.1 Å². The smallest absolute Gasteiger partial charge is 0.119 e. The van der Waals surface area contributed by atoms with Gasteiger partial charge in [-0.2, -0.15) is 11.3 Å². The van der Waals surface area contributed by atoms with Crippen molar-refractivity contribution in [2.24, 2.45) is 0 Å². The summed E-state index contributed by atoms with van der Waals surface area (Å²) < 4.78 is 0. The zero-order valence-corrected chi connectivity index (χ0v) is 21.7. The largest absolute Gasteiger partial charge is 0.508 e. The Morgan fingerprint density at radius 3 is 1.82 bits per heavy atom. The molecule has 0 saturated carbocycles. The summed E-state index contributed by atoms with van der Waals surface area (Å²) in [5, 5.41) is 24.9. The van der Waals surface area contributed by atoms with Crippen molar-refractivity contribution in [2.75, 3.05) is 0 Å². The van der Waals surface area contributed by atoms with Gasteiger partial charge < -0.3 is 10.2 Å². The molecule has 2 nitrogen and oxygen atoms in total. The molecule has 34 heavy (non-hydrogen) atoms. The molecule has 1 unspecified atom stereocenters. The predicted octanol–water partition coefficient (Wildman–Crippen LogP) is 8.27. The number of aromatic hydroxyl groups is 2. The van der Waals surface area contributed by atoms with Crippen molar-refractivity contribution in [1.29, 1.82) is 0 Å². The lowest BCUT2D eigenvalue weighted by Crippen LogP contribution is -2.23. The number of hydrogen-bond donors (Lipinski definition) is 2. The second-order valence-corrected chi connectivity index (χ2v) is 11.2. The first-order valence-corrected chi connectivity index (χ1v) is 12.7. The van der Waals surface area contributed by atoms with Crippen molar-refractivity contribution in [3.05, 3.63) is 116 Å². The van der Waals surface area contributed by atoms with Gasteiger partial charge in [0.15, 0.2) is 0 Å². The van der Waals surface area contributed by atoms with Gasteiger partial charge in [0, 0.05) is 22.3 Å². The van der Waals surface area contributed by atoms with Crippen LogP contribution in [-0.4, -0.2) is 10.2 Å². The number of aryl methyl sites for hydroxylation is 1. The Hall–Kier alpha value is -3.04. The molecule has 0 aliphatic heterocycles. The van der Waals surface area contributed by atoms with Gasteiger partial charge in [-0.1, -0.05) is 83.1 Å². The van der Waals surface area contributed by atoms with Crippen LogP contribution in [0.2, 0.25) is 0 Å². The van der Waals surface area contributed by atoms with Gasteiger partial charge in [0.05, 0.1) is 0 Å². The highest BCUT2D eigenvalue weighted by molar-refractivity contribution is 7.08. The third kappa shape index (κ3) is 4.37. The molecule has 0 bridgehead atoms. The number of rotatable bonds is 6. The van der Waals surface area contributed by atoms with Crippen molar-refractivity contribution in [3.8, 4) is 11.5 Å². The summed E-state index contributed by atoms with van der Waals surface area (Å²) in [6.07, 6.45) is 0. The third-order valence-corrected chi connectivity index (χ3v) is 8.18. The molecule has 0 saturated heterocycles. The first-order valence-electron chi connectivity index (χ1n) is 11.8. The van der Waals surface area contributed by atoms with Gasteiger partial charge in [-0.05, 0) is 69.3 Å². The number of benzene rings is 3. The lowest BCUT2D eigenvalue weighted by molar-refractivity contribution is 0.465. The van der Waals surface area contributed by atoms with Gasteiger partial charge in [0.2, 0.25) is 0 Å². The standard InChI is InChI=1S/C31H34O2S/c1-20-16-25(10-12-28(20)32)30(3,4)23-8-7-9-24(17-23)31(5,6)26-11-13-29(33)27(18-26)21(2)22-14-15-34-19-22/h7-19,21,32-33H,1-6H3. The van der Waals surface area contributed by atoms with E-state index in [0.29, 0.717) is 11.5 Å². The van der Waals surface area contributed by atoms with Crippen molar-refractivity contribution >= 4 is 11.3 Å². The SMILES string of the molecule is Cc1cc(C(C)(C)c2cccc(C(C)(C)c3ccc(O)c(C(C)c4ccsc4)c3)c2)ccc1O. The van der Waals surface area contributed by atoms with Crippen LogP contribution in [-0.2, 0) is 10.8 Å². The first kappa shape index (κ1) is 24.1. The molecule has 3 heteroatoms. The summed E-state index contributed by atoms with van der Waals surface area (Å²) in [5.41, 5.74) is 7.43. The van der Waals surface area contributed by atoms with Crippen LogP contribution in [0.1, 0.15) is 79.5 Å². The average Bonchev–Trinajstić information content (AvgIpc) is 3.35. The van der Waals surface area contributed by atoms with E-state index < -0.39 is 0 Å². The van der Waals surface area contributed by atoms with Gasteiger partial charge >= 0.3 is 0 Å². The van der Waals surface area contributed by atoms with Gasteiger partial charge in [-0.3, -0.25) is 0 Å². The molecule has 0 fully saturated rings. The molecule has 176 valence electrons. The molecule has 1 heterocycles. The Bertz CT molecular complexity index is 1300. The average molecular weight is 471 g/mol. The fraction of sp³-hybridized carbons (Fsp3) is 0.290. The summed E-state index contributed by atoms with van der Waals surface area (Å²) in [5.74, 6) is 0.801. The normalized spacial score (nSPS) is 13.1. The van der Waals surface area contributed by atoms with Crippen LogP contribution in [0.25, 0.3) is 0 Å². The monoisotopic (exact) mass is 470 g/mol. The molecule has 4 rings (SSSR count). The van der Waals surface area contributed by atoms with E-state index in [9.17, 15) is 10.2 Å². The molecule has 0 amide bonds. The zero-order chi connectivity index (χ0) is 24.7. The lowest BCUT2D eigenvalue weighted by Gasteiger charge is -2.31. The van der Waals surface area contributed by atoms with Crippen LogP contribution < -0.4 is 0 Å². The molecular formula is C31H34O2S. The van der Waals surface area contributed by atoms with E-state index in [4.69, 9.17) is 0 Å². The zero-order valence-electron chi connectivity index (χ0n) is 20.9. The summed E-state index contributed by atoms with van der Waals surface area (Å²) in [6, 6.07) is 22.9. The van der Waals surface area contributed by atoms with E-state index in [-0.39, 0.29) is 16.7 Å². The molecule has 2 N–H and O–H groups in total. The van der Waals surface area contributed by atoms with Crippen molar-refractivity contribution in [2.45, 2.75) is 58.3 Å². The van der Waals surface area contributed by atoms with Crippen LogP contribution in [0.15, 0.2) is 77.5 Å². The maximum Gasteiger partial charge on any atom is 0.119 e. The third-order valence-electron chi connectivity index (χ3n) is 7.48. The Labute approximate surface area is 207 Å². The number of hydrogen-bond acceptors (Lipinski definition) is 3. The van der Waals surface area contributed by atoms with Crippen molar-refractivity contribution in [1.82, 2.24) is 0 Å². The van der Waals surface area contributed by atoms with Gasteiger partial charge in [0.1, 0.15) is 11.5 Å². The van der Waals surface area contributed by atoms with Crippen LogP contribution in [0.4, 0.5) is 0 Å². The fourth-order valence-corrected chi connectivity index (χ4v) is 5.42. The Kier molecular flexibility index (Phi) is 6.35. The molecule has 0 radical (unpaired) electrons. The van der Waals surface area contributed by atoms with E-state index in [2.05, 4.69) is 87.8 Å². The topological polar surface area (TPSA) is 40.5 Å². The minimum absolute atomic E-state index is 0.130. The maximum absolute atomic E-state index is 10.6. The van der Waals surface area contributed by atoms with Gasteiger partial charge in [-0.25, -0.2) is 0 Å². The van der Waals surface area contributed by atoms with Crippen molar-refractivity contribution < 1.29 is 10.2 Å². The Morgan fingerprint density at radius 2 is 1.26 bits per heavy atom. The predicted molar refractivity (Wildman–Crippen MR) is 143 cm³/mol. The van der Waals surface area contributed by atoms with Gasteiger partial charge in [-0.15, -0.1) is 0 Å². The molecule has 3 aromatic carbocycles. The maximum atomic E-state index is 10.6. The first-order chi connectivity index (χ1) is 16.0. The second kappa shape index (κ2) is 8.96. The number of phenols is 2. The molecule has 4 aromatic rings. The van der Waals surface area contributed by atoms with E-state index in [1.54, 1.807) is 17.4 Å². The highest BCUT2D eigenvalue weighted by Gasteiger charge is 2.29. The van der Waals surface area contributed by atoms with Crippen molar-refractivity contribution in [3.63, 3.8) is 0 Å². The molecule has 1 atom stereocenters. The summed E-state index contributed by atoms with van der Waals surface area (Å²) in [6.45, 7) is 13.0. The van der Waals surface area contributed by atoms with E-state index in [1.807, 2.05) is 25.1 Å². The lowest BCUT2D eigenvalue weighted by atomic mass is 9.72.